The molecule has 1 fully saturated rings. The summed E-state index contributed by atoms with van der Waals surface area (Å²) < 4.78 is 24.7. The molecule has 1 unspecified atom stereocenters. The average molecular weight is 310 g/mol. The highest BCUT2D eigenvalue weighted by atomic mass is 32.2. The van der Waals surface area contributed by atoms with Crippen molar-refractivity contribution in [3.05, 3.63) is 29.8 Å². The highest BCUT2D eigenvalue weighted by Crippen LogP contribution is 2.23. The maximum atomic E-state index is 12.3. The van der Waals surface area contributed by atoms with Crippen LogP contribution in [-0.4, -0.2) is 37.5 Å². The quantitative estimate of drug-likeness (QED) is 0.927. The molecule has 1 saturated heterocycles. The lowest BCUT2D eigenvalue weighted by molar-refractivity contribution is -0.119. The summed E-state index contributed by atoms with van der Waals surface area (Å²) in [6.07, 6.45) is 2.44. The van der Waals surface area contributed by atoms with Crippen molar-refractivity contribution in [3.8, 4) is 0 Å². The van der Waals surface area contributed by atoms with Gasteiger partial charge in [-0.05, 0) is 36.5 Å². The van der Waals surface area contributed by atoms with Crippen molar-refractivity contribution in [3.63, 3.8) is 0 Å². The smallest absolute Gasteiger partial charge is 0.242 e. The van der Waals surface area contributed by atoms with E-state index in [4.69, 9.17) is 0 Å². The summed E-state index contributed by atoms with van der Waals surface area (Å²) >= 11 is 0. The van der Waals surface area contributed by atoms with E-state index < -0.39 is 16.1 Å². The fraction of sp³-hybridized carbons (Fsp3) is 0.533. The molecule has 1 aromatic carbocycles. The summed E-state index contributed by atoms with van der Waals surface area (Å²) in [5.74, 6) is 0.125. The van der Waals surface area contributed by atoms with Gasteiger partial charge in [0.15, 0.2) is 0 Å². The Bertz CT molecular complexity index is 626. The number of rotatable bonds is 4. The summed E-state index contributed by atoms with van der Waals surface area (Å²) in [6.45, 7) is 4.59. The van der Waals surface area contributed by atoms with Gasteiger partial charge < -0.3 is 5.32 Å². The van der Waals surface area contributed by atoms with Crippen molar-refractivity contribution in [2.45, 2.75) is 38.6 Å². The summed E-state index contributed by atoms with van der Waals surface area (Å²) in [5, 5.41) is 2.84. The van der Waals surface area contributed by atoms with Gasteiger partial charge in [-0.2, -0.15) is 4.31 Å². The topological polar surface area (TPSA) is 66.5 Å². The van der Waals surface area contributed by atoms with Gasteiger partial charge in [-0.1, -0.05) is 26.0 Å². The number of benzene rings is 1. The third-order valence-corrected chi connectivity index (χ3v) is 5.04. The van der Waals surface area contributed by atoms with E-state index in [0.29, 0.717) is 24.6 Å². The summed E-state index contributed by atoms with van der Waals surface area (Å²) in [6, 6.07) is 7.07. The monoisotopic (exact) mass is 310 g/mol. The minimum Gasteiger partial charge on any atom is -0.325 e. The second-order valence-corrected chi connectivity index (χ2v) is 7.74. The number of nitrogens with one attached hydrogen (secondary N) is 1. The zero-order valence-corrected chi connectivity index (χ0v) is 13.5. The minimum absolute atomic E-state index is 0.251. The van der Waals surface area contributed by atoms with Gasteiger partial charge >= 0.3 is 0 Å². The van der Waals surface area contributed by atoms with E-state index in [1.807, 2.05) is 24.3 Å². The van der Waals surface area contributed by atoms with Gasteiger partial charge in [0, 0.05) is 12.2 Å². The SMILES string of the molecule is CC(C)c1cccc(NC(=O)C2CCCN2S(C)(=O)=O)c1. The fourth-order valence-corrected chi connectivity index (χ4v) is 3.72. The van der Waals surface area contributed by atoms with Crippen LogP contribution in [0.4, 0.5) is 5.69 Å². The predicted molar refractivity (Wildman–Crippen MR) is 83.7 cm³/mol. The molecule has 1 amide bonds. The van der Waals surface area contributed by atoms with Crippen LogP contribution in [0.1, 0.15) is 38.2 Å². The van der Waals surface area contributed by atoms with Crippen LogP contribution in [0.3, 0.4) is 0 Å². The summed E-state index contributed by atoms with van der Waals surface area (Å²) in [5.41, 5.74) is 1.85. The Hall–Kier alpha value is -1.40. The Labute approximate surface area is 126 Å². The number of sulfonamides is 1. The molecule has 0 aromatic heterocycles. The van der Waals surface area contributed by atoms with Crippen LogP contribution in [0.5, 0.6) is 0 Å². The van der Waals surface area contributed by atoms with Gasteiger partial charge in [-0.3, -0.25) is 4.79 Å². The number of carbonyl (C=O) groups is 1. The predicted octanol–water partition coefficient (Wildman–Crippen LogP) is 2.17. The van der Waals surface area contributed by atoms with Crippen LogP contribution in [0.2, 0.25) is 0 Å². The van der Waals surface area contributed by atoms with E-state index in [1.165, 1.54) is 4.31 Å². The minimum atomic E-state index is -3.34. The molecule has 0 bridgehead atoms. The maximum Gasteiger partial charge on any atom is 0.242 e. The largest absolute Gasteiger partial charge is 0.325 e. The third-order valence-electron chi connectivity index (χ3n) is 3.75. The number of carbonyl (C=O) groups excluding carboxylic acids is 1. The van der Waals surface area contributed by atoms with Gasteiger partial charge in [-0.25, -0.2) is 8.42 Å². The normalized spacial score (nSPS) is 19.9. The Kier molecular flexibility index (Phi) is 4.68. The molecule has 2 rings (SSSR count). The number of hydrogen-bond donors (Lipinski definition) is 1. The Balaban J connectivity index is 2.13. The molecule has 6 heteroatoms. The van der Waals surface area contributed by atoms with Gasteiger partial charge in [0.05, 0.1) is 6.26 Å². The Morgan fingerprint density at radius 2 is 2.10 bits per heavy atom. The molecular weight excluding hydrogens is 288 g/mol. The molecule has 21 heavy (non-hydrogen) atoms. The molecule has 5 nitrogen and oxygen atoms in total. The molecule has 0 saturated carbocycles. The van der Waals surface area contributed by atoms with Crippen molar-refractivity contribution in [2.24, 2.45) is 0 Å². The van der Waals surface area contributed by atoms with Crippen molar-refractivity contribution in [1.29, 1.82) is 0 Å². The zero-order valence-electron chi connectivity index (χ0n) is 12.7. The molecular formula is C15H22N2O3S. The first-order valence-electron chi connectivity index (χ1n) is 7.16. The number of amides is 1. The zero-order chi connectivity index (χ0) is 15.6. The van der Waals surface area contributed by atoms with E-state index in [9.17, 15) is 13.2 Å². The molecule has 0 aliphatic carbocycles. The third kappa shape index (κ3) is 3.83. The van der Waals surface area contributed by atoms with E-state index in [2.05, 4.69) is 19.2 Å². The highest BCUT2D eigenvalue weighted by molar-refractivity contribution is 7.88. The van der Waals surface area contributed by atoms with Crippen molar-refractivity contribution >= 4 is 21.6 Å². The van der Waals surface area contributed by atoms with Crippen LogP contribution < -0.4 is 5.32 Å². The van der Waals surface area contributed by atoms with E-state index in [0.717, 1.165) is 18.2 Å². The lowest BCUT2D eigenvalue weighted by Gasteiger charge is -2.21. The molecule has 1 N–H and O–H groups in total. The van der Waals surface area contributed by atoms with Gasteiger partial charge in [0.25, 0.3) is 0 Å². The number of hydrogen-bond acceptors (Lipinski definition) is 3. The van der Waals surface area contributed by atoms with Gasteiger partial charge in [-0.15, -0.1) is 0 Å². The van der Waals surface area contributed by atoms with Crippen LogP contribution in [0, 0.1) is 0 Å². The molecule has 1 aromatic rings. The standard InChI is InChI=1S/C15H22N2O3S/c1-11(2)12-6-4-7-13(10-12)16-15(18)14-8-5-9-17(14)21(3,19)20/h4,6-7,10-11,14H,5,8-9H2,1-3H3,(H,16,18). The van der Waals surface area contributed by atoms with Gasteiger partial charge in [0.1, 0.15) is 6.04 Å². The Morgan fingerprint density at radius 1 is 1.38 bits per heavy atom. The second-order valence-electron chi connectivity index (χ2n) is 5.80. The van der Waals surface area contributed by atoms with Crippen LogP contribution >= 0.6 is 0 Å². The van der Waals surface area contributed by atoms with E-state index in [-0.39, 0.29) is 5.91 Å². The lowest BCUT2D eigenvalue weighted by Crippen LogP contribution is -2.42. The molecule has 0 radical (unpaired) electrons. The van der Waals surface area contributed by atoms with Crippen molar-refractivity contribution in [2.75, 3.05) is 18.1 Å². The lowest BCUT2D eigenvalue weighted by atomic mass is 10.0. The Morgan fingerprint density at radius 3 is 2.71 bits per heavy atom. The van der Waals surface area contributed by atoms with Crippen LogP contribution in [0.25, 0.3) is 0 Å². The van der Waals surface area contributed by atoms with E-state index >= 15 is 0 Å². The van der Waals surface area contributed by atoms with Gasteiger partial charge in [0.2, 0.25) is 15.9 Å². The highest BCUT2D eigenvalue weighted by Gasteiger charge is 2.36. The van der Waals surface area contributed by atoms with Crippen molar-refractivity contribution < 1.29 is 13.2 Å². The number of nitrogens with zero attached hydrogens (tertiary/aromatic N) is 1. The summed E-state index contributed by atoms with van der Waals surface area (Å²) in [7, 11) is -3.34. The first-order chi connectivity index (χ1) is 9.79. The molecule has 0 spiro atoms. The molecule has 116 valence electrons. The van der Waals surface area contributed by atoms with Crippen LogP contribution in [0.15, 0.2) is 24.3 Å². The second kappa shape index (κ2) is 6.15. The fourth-order valence-electron chi connectivity index (χ4n) is 2.60. The van der Waals surface area contributed by atoms with Crippen LogP contribution in [-0.2, 0) is 14.8 Å². The molecule has 1 atom stereocenters. The maximum absolute atomic E-state index is 12.3. The summed E-state index contributed by atoms with van der Waals surface area (Å²) in [4.78, 5) is 12.3. The van der Waals surface area contributed by atoms with E-state index in [1.54, 1.807) is 0 Å². The average Bonchev–Trinajstić information content (AvgIpc) is 2.88. The molecule has 1 aliphatic heterocycles. The molecule has 1 heterocycles. The first kappa shape index (κ1) is 16.0. The molecule has 1 aliphatic rings. The number of anilines is 1. The van der Waals surface area contributed by atoms with Crippen molar-refractivity contribution in [1.82, 2.24) is 4.31 Å². The first-order valence-corrected chi connectivity index (χ1v) is 9.01.